The molecule has 0 aliphatic rings. The van der Waals surface area contributed by atoms with Crippen LogP contribution in [0.4, 0.5) is 10.1 Å². The van der Waals surface area contributed by atoms with E-state index in [0.717, 1.165) is 22.6 Å². The molecule has 6 heteroatoms. The van der Waals surface area contributed by atoms with Gasteiger partial charge in [0.1, 0.15) is 0 Å². The molecular formula is C17H18Cl2FNORu. The zero-order chi connectivity index (χ0) is 16.8. The van der Waals surface area contributed by atoms with Crippen LogP contribution in [-0.2, 0) is 20.1 Å². The first-order chi connectivity index (χ1) is 11.0. The normalized spacial score (nSPS) is 11.3. The van der Waals surface area contributed by atoms with Crippen LogP contribution in [0.15, 0.2) is 42.5 Å². The summed E-state index contributed by atoms with van der Waals surface area (Å²) in [5, 5.41) is 3.33. The SMILES string of the molecule is CC(C)Oc1ccccc1NCc1ccc(F)cc1[CH]=[Ru]([Cl])[Cl]. The number of hydrogen-bond donors (Lipinski definition) is 1. The summed E-state index contributed by atoms with van der Waals surface area (Å²) in [5.41, 5.74) is 2.57. The van der Waals surface area contributed by atoms with Crippen molar-refractivity contribution in [3.8, 4) is 5.75 Å². The number of anilines is 1. The van der Waals surface area contributed by atoms with Gasteiger partial charge in [-0.2, -0.15) is 0 Å². The van der Waals surface area contributed by atoms with Crippen molar-refractivity contribution in [2.75, 3.05) is 5.32 Å². The number of nitrogens with one attached hydrogen (secondary N) is 1. The van der Waals surface area contributed by atoms with Crippen LogP contribution in [-0.4, -0.2) is 10.7 Å². The number of para-hydroxylation sites is 2. The van der Waals surface area contributed by atoms with Crippen molar-refractivity contribution in [1.29, 1.82) is 0 Å². The molecule has 0 bridgehead atoms. The van der Waals surface area contributed by atoms with Crippen LogP contribution in [0.1, 0.15) is 25.0 Å². The van der Waals surface area contributed by atoms with Crippen molar-refractivity contribution in [2.45, 2.75) is 26.5 Å². The molecule has 1 N–H and O–H groups in total. The Morgan fingerprint density at radius 2 is 1.96 bits per heavy atom. The molecule has 2 aromatic carbocycles. The van der Waals surface area contributed by atoms with E-state index in [4.69, 9.17) is 24.1 Å². The molecule has 0 unspecified atom stereocenters. The van der Waals surface area contributed by atoms with Gasteiger partial charge in [-0.15, -0.1) is 0 Å². The van der Waals surface area contributed by atoms with Crippen molar-refractivity contribution in [1.82, 2.24) is 0 Å². The second kappa shape index (κ2) is 8.77. The van der Waals surface area contributed by atoms with Crippen LogP contribution >= 0.6 is 19.4 Å². The Morgan fingerprint density at radius 3 is 2.65 bits per heavy atom. The van der Waals surface area contributed by atoms with Crippen molar-refractivity contribution in [3.05, 3.63) is 59.4 Å². The van der Waals surface area contributed by atoms with E-state index in [9.17, 15) is 4.39 Å². The number of ether oxygens (including phenoxy) is 1. The Labute approximate surface area is 149 Å². The minimum absolute atomic E-state index is 0.0899. The van der Waals surface area contributed by atoms with Gasteiger partial charge < -0.3 is 0 Å². The second-order valence-electron chi connectivity index (χ2n) is 5.17. The standard InChI is InChI=1S/C17H18FNO.2ClH.Ru/c1-12(2)20-17-7-5-4-6-16(17)19-11-14-8-9-15(18)10-13(14)3;;;/h3-10,12,19H,11H2,1-2H3;2*1H;/q;;;+2/p-2. The Kier molecular flexibility index (Phi) is 7.01. The summed E-state index contributed by atoms with van der Waals surface area (Å²) < 4.78 is 21.0. The van der Waals surface area contributed by atoms with Gasteiger partial charge in [0, 0.05) is 0 Å². The first-order valence-corrected chi connectivity index (χ1v) is 12.5. The van der Waals surface area contributed by atoms with E-state index in [0.29, 0.717) is 6.54 Å². The second-order valence-corrected chi connectivity index (χ2v) is 10.9. The van der Waals surface area contributed by atoms with Crippen LogP contribution in [0.5, 0.6) is 5.75 Å². The molecule has 2 nitrogen and oxygen atoms in total. The molecule has 2 rings (SSSR count). The summed E-state index contributed by atoms with van der Waals surface area (Å²) >= 11 is -2.01. The van der Waals surface area contributed by atoms with Crippen LogP contribution in [0.25, 0.3) is 0 Å². The Morgan fingerprint density at radius 1 is 1.22 bits per heavy atom. The van der Waals surface area contributed by atoms with Gasteiger partial charge >= 0.3 is 149 Å². The molecule has 0 atom stereocenters. The molecule has 0 radical (unpaired) electrons. The van der Waals surface area contributed by atoms with Crippen molar-refractivity contribution in [2.24, 2.45) is 0 Å². The van der Waals surface area contributed by atoms with E-state index in [2.05, 4.69) is 5.32 Å². The number of rotatable bonds is 6. The Balaban J connectivity index is 2.20. The maximum absolute atomic E-state index is 13.4. The van der Waals surface area contributed by atoms with Crippen molar-refractivity contribution in [3.63, 3.8) is 0 Å². The third-order valence-electron chi connectivity index (χ3n) is 3.01. The van der Waals surface area contributed by atoms with Crippen LogP contribution in [0.2, 0.25) is 0 Å². The van der Waals surface area contributed by atoms with Crippen LogP contribution in [0, 0.1) is 5.82 Å². The average molecular weight is 443 g/mol. The molecule has 0 fully saturated rings. The van der Waals surface area contributed by atoms with Gasteiger partial charge in [0.15, 0.2) is 0 Å². The predicted octanol–water partition coefficient (Wildman–Crippen LogP) is 5.30. The summed E-state index contributed by atoms with van der Waals surface area (Å²) in [6.45, 7) is 4.49. The van der Waals surface area contributed by atoms with Gasteiger partial charge in [-0.3, -0.25) is 0 Å². The van der Waals surface area contributed by atoms with Gasteiger partial charge in [0.05, 0.1) is 0 Å². The van der Waals surface area contributed by atoms with Gasteiger partial charge in [-0.1, -0.05) is 0 Å². The molecule has 0 saturated heterocycles. The molecule has 126 valence electrons. The number of halogens is 3. The van der Waals surface area contributed by atoms with Crippen LogP contribution in [0.3, 0.4) is 0 Å². The fourth-order valence-electron chi connectivity index (χ4n) is 2.06. The molecular weight excluding hydrogens is 425 g/mol. The average Bonchev–Trinajstić information content (AvgIpc) is 2.46. The molecule has 0 saturated carbocycles. The predicted molar refractivity (Wildman–Crippen MR) is 92.8 cm³/mol. The topological polar surface area (TPSA) is 21.3 Å². The fraction of sp³-hybridized carbons (Fsp3) is 0.235. The van der Waals surface area contributed by atoms with E-state index in [1.807, 2.05) is 38.1 Å². The maximum atomic E-state index is 13.4. The fourth-order valence-corrected chi connectivity index (χ4v) is 3.92. The molecule has 0 aromatic heterocycles. The molecule has 2 aromatic rings. The van der Waals surface area contributed by atoms with Gasteiger partial charge in [0.25, 0.3) is 0 Å². The van der Waals surface area contributed by atoms with Gasteiger partial charge in [0.2, 0.25) is 0 Å². The van der Waals surface area contributed by atoms with Crippen molar-refractivity contribution >= 4 is 29.7 Å². The monoisotopic (exact) mass is 443 g/mol. The van der Waals surface area contributed by atoms with Crippen molar-refractivity contribution < 1.29 is 22.6 Å². The first kappa shape index (κ1) is 18.4. The van der Waals surface area contributed by atoms with Gasteiger partial charge in [-0.25, -0.2) is 0 Å². The Bertz CT molecular complexity index is 703. The summed E-state index contributed by atoms with van der Waals surface area (Å²) in [5.74, 6) is 0.490. The summed E-state index contributed by atoms with van der Waals surface area (Å²) in [4.78, 5) is 0. The van der Waals surface area contributed by atoms with E-state index in [1.165, 1.54) is 12.1 Å². The van der Waals surface area contributed by atoms with E-state index in [-0.39, 0.29) is 11.9 Å². The molecule has 0 amide bonds. The minimum atomic E-state index is -2.01. The molecule has 0 aliphatic heterocycles. The quantitative estimate of drug-likeness (QED) is 0.612. The zero-order valence-electron chi connectivity index (χ0n) is 12.8. The summed E-state index contributed by atoms with van der Waals surface area (Å²) in [6, 6.07) is 12.4. The first-order valence-electron chi connectivity index (χ1n) is 7.07. The number of hydrogen-bond acceptors (Lipinski definition) is 2. The third kappa shape index (κ3) is 5.87. The van der Waals surface area contributed by atoms with E-state index < -0.39 is 13.5 Å². The molecule has 23 heavy (non-hydrogen) atoms. The van der Waals surface area contributed by atoms with E-state index >= 15 is 0 Å². The zero-order valence-corrected chi connectivity index (χ0v) is 16.0. The summed E-state index contributed by atoms with van der Waals surface area (Å²) in [7, 11) is 11.9. The van der Waals surface area contributed by atoms with E-state index in [1.54, 1.807) is 10.7 Å². The number of benzene rings is 2. The third-order valence-corrected chi connectivity index (χ3v) is 4.85. The summed E-state index contributed by atoms with van der Waals surface area (Å²) in [6.07, 6.45) is 0.0899. The molecule has 0 aliphatic carbocycles. The van der Waals surface area contributed by atoms with Crippen LogP contribution < -0.4 is 10.1 Å². The Hall–Kier alpha value is -0.957. The van der Waals surface area contributed by atoms with Gasteiger partial charge in [-0.05, 0) is 0 Å². The molecule has 0 spiro atoms. The molecule has 0 heterocycles.